The van der Waals surface area contributed by atoms with E-state index in [1.165, 1.54) is 0 Å². The molecule has 138 valence electrons. The molecule has 0 bridgehead atoms. The summed E-state index contributed by atoms with van der Waals surface area (Å²) in [4.78, 5) is 28.5. The highest BCUT2D eigenvalue weighted by Crippen LogP contribution is 2.20. The first-order valence-electron chi connectivity index (χ1n) is 9.02. The van der Waals surface area contributed by atoms with Gasteiger partial charge in [0.15, 0.2) is 0 Å². The summed E-state index contributed by atoms with van der Waals surface area (Å²) in [6, 6.07) is 8.84. The first kappa shape index (κ1) is 18.0. The summed E-state index contributed by atoms with van der Waals surface area (Å²) < 4.78 is 1.87. The van der Waals surface area contributed by atoms with E-state index < -0.39 is 6.04 Å². The third-order valence-corrected chi connectivity index (χ3v) is 4.57. The normalized spacial score (nSPS) is 17.5. The Morgan fingerprint density at radius 1 is 1.27 bits per heavy atom. The van der Waals surface area contributed by atoms with E-state index in [4.69, 9.17) is 0 Å². The van der Waals surface area contributed by atoms with Crippen LogP contribution in [0.5, 0.6) is 0 Å². The van der Waals surface area contributed by atoms with Crippen molar-refractivity contribution in [3.05, 3.63) is 48.3 Å². The topological polar surface area (TPSA) is 70.5 Å². The number of amides is 3. The van der Waals surface area contributed by atoms with Gasteiger partial charge in [-0.1, -0.05) is 25.1 Å². The van der Waals surface area contributed by atoms with Gasteiger partial charge in [0.2, 0.25) is 5.91 Å². The zero-order valence-electron chi connectivity index (χ0n) is 15.3. The Balaban J connectivity index is 1.57. The third kappa shape index (κ3) is 3.87. The summed E-state index contributed by atoms with van der Waals surface area (Å²) in [6.45, 7) is 6.13. The van der Waals surface area contributed by atoms with Crippen molar-refractivity contribution in [3.63, 3.8) is 0 Å². The number of urea groups is 1. The van der Waals surface area contributed by atoms with Gasteiger partial charge in [-0.15, -0.1) is 0 Å². The molecule has 1 aromatic carbocycles. The maximum atomic E-state index is 12.7. The smallest absolute Gasteiger partial charge is 0.318 e. The van der Waals surface area contributed by atoms with Gasteiger partial charge >= 0.3 is 6.03 Å². The standard InChI is InChI=1S/C19H25N5O2/c1-3-9-22-14-16(13-21-22)12-20-19(26)23-10-11-24(18(25)15(23)2)17-7-5-4-6-8-17/h4-8,13-15H,3,9-12H2,1-2H3,(H,20,26)/t15-/m1/s1. The summed E-state index contributed by atoms with van der Waals surface area (Å²) in [5.41, 5.74) is 1.82. The van der Waals surface area contributed by atoms with Crippen LogP contribution in [0.3, 0.4) is 0 Å². The molecule has 0 aliphatic carbocycles. The number of aromatic nitrogens is 2. The summed E-state index contributed by atoms with van der Waals surface area (Å²) in [5, 5.41) is 7.15. The minimum atomic E-state index is -0.494. The van der Waals surface area contributed by atoms with E-state index in [0.29, 0.717) is 19.6 Å². The number of benzene rings is 1. The molecule has 2 aromatic rings. The maximum Gasteiger partial charge on any atom is 0.318 e. The molecule has 3 amide bonds. The van der Waals surface area contributed by atoms with Crippen LogP contribution in [0.2, 0.25) is 0 Å². The molecular formula is C19H25N5O2. The van der Waals surface area contributed by atoms with Crippen molar-refractivity contribution in [1.82, 2.24) is 20.0 Å². The zero-order valence-corrected chi connectivity index (χ0v) is 15.3. The van der Waals surface area contributed by atoms with Gasteiger partial charge in [-0.25, -0.2) is 4.79 Å². The summed E-state index contributed by atoms with van der Waals surface area (Å²) >= 11 is 0. The molecule has 1 aliphatic rings. The van der Waals surface area contributed by atoms with Crippen LogP contribution in [0.1, 0.15) is 25.8 Å². The van der Waals surface area contributed by atoms with Crippen molar-refractivity contribution in [3.8, 4) is 0 Å². The molecule has 2 heterocycles. The van der Waals surface area contributed by atoms with Crippen molar-refractivity contribution < 1.29 is 9.59 Å². The van der Waals surface area contributed by atoms with Crippen LogP contribution in [0.4, 0.5) is 10.5 Å². The highest BCUT2D eigenvalue weighted by molar-refractivity contribution is 5.99. The van der Waals surface area contributed by atoms with Gasteiger partial charge in [0, 0.05) is 43.6 Å². The lowest BCUT2D eigenvalue weighted by molar-refractivity contribution is -0.124. The van der Waals surface area contributed by atoms with Crippen LogP contribution in [0, 0.1) is 0 Å². The van der Waals surface area contributed by atoms with Crippen molar-refractivity contribution in [1.29, 1.82) is 0 Å². The number of nitrogens with zero attached hydrogens (tertiary/aromatic N) is 4. The molecule has 1 fully saturated rings. The van der Waals surface area contributed by atoms with Crippen LogP contribution in [-0.4, -0.2) is 45.8 Å². The van der Waals surface area contributed by atoms with Crippen LogP contribution in [0.25, 0.3) is 0 Å². The fourth-order valence-electron chi connectivity index (χ4n) is 3.14. The number of carbonyl (C=O) groups excluding carboxylic acids is 2. The van der Waals surface area contributed by atoms with Gasteiger partial charge in [-0.3, -0.25) is 9.48 Å². The fraction of sp³-hybridized carbons (Fsp3) is 0.421. The number of rotatable bonds is 5. The Morgan fingerprint density at radius 2 is 2.04 bits per heavy atom. The molecule has 0 unspecified atom stereocenters. The Morgan fingerprint density at radius 3 is 2.77 bits per heavy atom. The van der Waals surface area contributed by atoms with E-state index in [9.17, 15) is 9.59 Å². The molecule has 0 spiro atoms. The Bertz CT molecular complexity index is 758. The lowest BCUT2D eigenvalue weighted by Gasteiger charge is -2.39. The monoisotopic (exact) mass is 355 g/mol. The third-order valence-electron chi connectivity index (χ3n) is 4.57. The second-order valence-electron chi connectivity index (χ2n) is 6.47. The average molecular weight is 355 g/mol. The number of hydrogen-bond acceptors (Lipinski definition) is 3. The van der Waals surface area contributed by atoms with E-state index in [0.717, 1.165) is 24.2 Å². The fourth-order valence-corrected chi connectivity index (χ4v) is 3.14. The zero-order chi connectivity index (χ0) is 18.5. The predicted molar refractivity (Wildman–Crippen MR) is 99.7 cm³/mol. The van der Waals surface area contributed by atoms with E-state index in [1.54, 1.807) is 22.9 Å². The molecule has 0 saturated carbocycles. The van der Waals surface area contributed by atoms with Crippen LogP contribution < -0.4 is 10.2 Å². The molecule has 1 aliphatic heterocycles. The SMILES string of the molecule is CCCn1cc(CNC(=O)N2CCN(c3ccccc3)C(=O)[C@H]2C)cn1. The molecule has 1 atom stereocenters. The highest BCUT2D eigenvalue weighted by Gasteiger charge is 2.34. The molecule has 1 saturated heterocycles. The molecule has 7 heteroatoms. The lowest BCUT2D eigenvalue weighted by atomic mass is 10.1. The molecule has 26 heavy (non-hydrogen) atoms. The van der Waals surface area contributed by atoms with Gasteiger partial charge in [0.05, 0.1) is 6.20 Å². The second kappa shape index (κ2) is 8.03. The number of aryl methyl sites for hydroxylation is 1. The minimum absolute atomic E-state index is 0.0617. The molecular weight excluding hydrogens is 330 g/mol. The maximum absolute atomic E-state index is 12.7. The van der Waals surface area contributed by atoms with Crippen LogP contribution in [-0.2, 0) is 17.9 Å². The largest absolute Gasteiger partial charge is 0.334 e. The van der Waals surface area contributed by atoms with Crippen molar-refractivity contribution in [2.45, 2.75) is 39.4 Å². The van der Waals surface area contributed by atoms with Gasteiger partial charge in [-0.05, 0) is 25.5 Å². The van der Waals surface area contributed by atoms with Gasteiger partial charge in [-0.2, -0.15) is 5.10 Å². The number of hydrogen-bond donors (Lipinski definition) is 1. The van der Waals surface area contributed by atoms with Crippen molar-refractivity contribution in [2.75, 3.05) is 18.0 Å². The van der Waals surface area contributed by atoms with Crippen molar-refractivity contribution >= 4 is 17.6 Å². The van der Waals surface area contributed by atoms with Crippen LogP contribution >= 0.6 is 0 Å². The minimum Gasteiger partial charge on any atom is -0.334 e. The van der Waals surface area contributed by atoms with E-state index in [2.05, 4.69) is 17.3 Å². The number of carbonyl (C=O) groups is 2. The quantitative estimate of drug-likeness (QED) is 0.894. The molecule has 7 nitrogen and oxygen atoms in total. The predicted octanol–water partition coefficient (Wildman–Crippen LogP) is 2.24. The number of anilines is 1. The van der Waals surface area contributed by atoms with Crippen LogP contribution in [0.15, 0.2) is 42.7 Å². The number of piperazine rings is 1. The second-order valence-corrected chi connectivity index (χ2v) is 6.47. The van der Waals surface area contributed by atoms with E-state index in [1.807, 2.05) is 41.2 Å². The van der Waals surface area contributed by atoms with Gasteiger partial charge in [0.25, 0.3) is 0 Å². The number of para-hydroxylation sites is 1. The summed E-state index contributed by atoms with van der Waals surface area (Å²) in [7, 11) is 0. The average Bonchev–Trinajstić information content (AvgIpc) is 3.10. The highest BCUT2D eigenvalue weighted by atomic mass is 16.2. The Kier molecular flexibility index (Phi) is 5.55. The first-order chi connectivity index (χ1) is 12.6. The van der Waals surface area contributed by atoms with Gasteiger partial charge in [0.1, 0.15) is 6.04 Å². The Labute approximate surface area is 153 Å². The summed E-state index contributed by atoms with van der Waals surface area (Å²) in [5.74, 6) is -0.0617. The molecule has 1 N–H and O–H groups in total. The Hall–Kier alpha value is -2.83. The molecule has 1 aromatic heterocycles. The summed E-state index contributed by atoms with van der Waals surface area (Å²) in [6.07, 6.45) is 4.71. The first-order valence-corrected chi connectivity index (χ1v) is 9.02. The van der Waals surface area contributed by atoms with E-state index >= 15 is 0 Å². The lowest BCUT2D eigenvalue weighted by Crippen LogP contribution is -2.59. The van der Waals surface area contributed by atoms with Crippen molar-refractivity contribution in [2.24, 2.45) is 0 Å². The molecule has 3 rings (SSSR count). The van der Waals surface area contributed by atoms with E-state index in [-0.39, 0.29) is 11.9 Å². The number of nitrogens with one attached hydrogen (secondary N) is 1. The molecule has 0 radical (unpaired) electrons. The van der Waals surface area contributed by atoms with Gasteiger partial charge < -0.3 is 15.1 Å².